The fraction of sp³-hybridized carbons (Fsp3) is 0.857. The van der Waals surface area contributed by atoms with Gasteiger partial charge in [-0.05, 0) is 60.7 Å². The van der Waals surface area contributed by atoms with Crippen LogP contribution in [0.3, 0.4) is 0 Å². The number of halogens is 3. The van der Waals surface area contributed by atoms with Crippen LogP contribution in [0.2, 0.25) is 0 Å². The van der Waals surface area contributed by atoms with E-state index in [1.807, 2.05) is 6.92 Å². The molecule has 2 aliphatic carbocycles. The smallest absolute Gasteiger partial charge is 0.417 e. The van der Waals surface area contributed by atoms with Crippen LogP contribution in [0.15, 0.2) is 11.6 Å². The summed E-state index contributed by atoms with van der Waals surface area (Å²) in [4.78, 5) is 11.8. The van der Waals surface area contributed by atoms with Crippen LogP contribution in [0.4, 0.5) is 13.2 Å². The topological polar surface area (TPSA) is 66.8 Å². The summed E-state index contributed by atoms with van der Waals surface area (Å²) >= 11 is 0. The standard InChI is InChI=1S/C21H31F3O4/c1-12-14-7-8-18(2,3)16(6-5-13-15(25)11-28-17(13)26)19(14,4)9-10-20(12,27)21(22,23)24/h5,12,14-16,25,27H,6-11H2,1-4H3/b13-5+/t12-,14-,15-,16-,19-,20-/m1/s1. The van der Waals surface area contributed by atoms with E-state index in [9.17, 15) is 28.2 Å². The maximum Gasteiger partial charge on any atom is 0.417 e. The van der Waals surface area contributed by atoms with Crippen molar-refractivity contribution >= 4 is 5.97 Å². The average Bonchev–Trinajstić information content (AvgIpc) is 2.88. The highest BCUT2D eigenvalue weighted by atomic mass is 19.4. The number of rotatable bonds is 2. The second kappa shape index (κ2) is 6.73. The van der Waals surface area contributed by atoms with Gasteiger partial charge in [0.15, 0.2) is 5.60 Å². The maximum atomic E-state index is 13.6. The summed E-state index contributed by atoms with van der Waals surface area (Å²) in [5.41, 5.74) is -2.91. The van der Waals surface area contributed by atoms with Crippen molar-refractivity contribution in [1.82, 2.24) is 0 Å². The van der Waals surface area contributed by atoms with E-state index in [1.165, 1.54) is 6.92 Å². The molecule has 1 aliphatic heterocycles. The number of hydrogen-bond acceptors (Lipinski definition) is 4. The van der Waals surface area contributed by atoms with Crippen LogP contribution >= 0.6 is 0 Å². The minimum Gasteiger partial charge on any atom is -0.459 e. The van der Waals surface area contributed by atoms with Crippen LogP contribution in [-0.2, 0) is 9.53 Å². The number of carbonyl (C=O) groups is 1. The molecular weight excluding hydrogens is 373 g/mol. The Labute approximate surface area is 164 Å². The van der Waals surface area contributed by atoms with Crippen molar-refractivity contribution < 1.29 is 32.9 Å². The first kappa shape index (κ1) is 21.6. The zero-order chi connectivity index (χ0) is 21.1. The molecule has 2 N–H and O–H groups in total. The molecule has 0 aromatic heterocycles. The predicted molar refractivity (Wildman–Crippen MR) is 97.2 cm³/mol. The molecule has 1 saturated heterocycles. The summed E-state index contributed by atoms with van der Waals surface area (Å²) < 4.78 is 45.7. The number of hydrogen-bond donors (Lipinski definition) is 2. The SMILES string of the molecule is C[C@@H]1[C@H]2CCC(C)(C)[C@@H](C/C=C3/C(=O)OC[C@H]3O)[C@]2(C)CC[C@]1(O)C(F)(F)F. The van der Waals surface area contributed by atoms with E-state index in [-0.39, 0.29) is 47.7 Å². The van der Waals surface area contributed by atoms with E-state index in [1.54, 1.807) is 6.08 Å². The van der Waals surface area contributed by atoms with Crippen LogP contribution in [0, 0.1) is 28.6 Å². The highest BCUT2D eigenvalue weighted by molar-refractivity contribution is 5.91. The van der Waals surface area contributed by atoms with Crippen LogP contribution < -0.4 is 0 Å². The third kappa shape index (κ3) is 3.18. The van der Waals surface area contributed by atoms with Gasteiger partial charge in [-0.1, -0.05) is 33.8 Å². The number of carbonyl (C=O) groups excluding carboxylic acids is 1. The molecule has 0 aromatic rings. The van der Waals surface area contributed by atoms with Crippen molar-refractivity contribution in [2.24, 2.45) is 28.6 Å². The molecule has 0 amide bonds. The summed E-state index contributed by atoms with van der Waals surface area (Å²) in [6.45, 7) is 7.76. The van der Waals surface area contributed by atoms with Crippen molar-refractivity contribution in [2.75, 3.05) is 6.61 Å². The van der Waals surface area contributed by atoms with Crippen molar-refractivity contribution in [3.63, 3.8) is 0 Å². The minimum atomic E-state index is -4.64. The highest BCUT2D eigenvalue weighted by Crippen LogP contribution is 2.65. The summed E-state index contributed by atoms with van der Waals surface area (Å²) in [6, 6.07) is 0. The van der Waals surface area contributed by atoms with Gasteiger partial charge in [0.1, 0.15) is 12.7 Å². The van der Waals surface area contributed by atoms with Crippen LogP contribution in [-0.4, -0.2) is 40.7 Å². The molecule has 6 atom stereocenters. The zero-order valence-corrected chi connectivity index (χ0v) is 17.0. The van der Waals surface area contributed by atoms with Crippen molar-refractivity contribution in [1.29, 1.82) is 0 Å². The Kier molecular flexibility index (Phi) is 5.19. The van der Waals surface area contributed by atoms with Gasteiger partial charge in [0.25, 0.3) is 0 Å². The van der Waals surface area contributed by atoms with Gasteiger partial charge in [0.05, 0.1) is 5.57 Å². The Morgan fingerprint density at radius 2 is 1.86 bits per heavy atom. The van der Waals surface area contributed by atoms with Crippen LogP contribution in [0.1, 0.15) is 59.8 Å². The summed E-state index contributed by atoms with van der Waals surface area (Å²) in [6.07, 6.45) is -2.00. The lowest BCUT2D eigenvalue weighted by Gasteiger charge is -2.62. The third-order valence-electron chi connectivity index (χ3n) is 8.12. The fourth-order valence-corrected chi connectivity index (χ4v) is 6.30. The molecule has 160 valence electrons. The van der Waals surface area contributed by atoms with Gasteiger partial charge in [0.2, 0.25) is 0 Å². The lowest BCUT2D eigenvalue weighted by atomic mass is 9.44. The molecule has 1 heterocycles. The zero-order valence-electron chi connectivity index (χ0n) is 17.0. The monoisotopic (exact) mass is 404 g/mol. The number of aliphatic hydroxyl groups is 2. The lowest BCUT2D eigenvalue weighted by Crippen LogP contribution is -2.62. The summed E-state index contributed by atoms with van der Waals surface area (Å²) in [5, 5.41) is 20.4. The van der Waals surface area contributed by atoms with Gasteiger partial charge in [-0.15, -0.1) is 0 Å². The van der Waals surface area contributed by atoms with Crippen molar-refractivity contribution in [3.05, 3.63) is 11.6 Å². The van der Waals surface area contributed by atoms with Gasteiger partial charge in [0, 0.05) is 0 Å². The Morgan fingerprint density at radius 1 is 1.21 bits per heavy atom. The number of aliphatic hydroxyl groups excluding tert-OH is 1. The molecule has 0 aromatic carbocycles. The van der Waals surface area contributed by atoms with E-state index >= 15 is 0 Å². The van der Waals surface area contributed by atoms with Crippen molar-refractivity contribution in [2.45, 2.75) is 77.7 Å². The number of ether oxygens (including phenoxy) is 1. The van der Waals surface area contributed by atoms with Crippen LogP contribution in [0.25, 0.3) is 0 Å². The van der Waals surface area contributed by atoms with Gasteiger partial charge >= 0.3 is 12.1 Å². The number of fused-ring (bicyclic) bond motifs is 1. The molecule has 7 heteroatoms. The second-order valence-electron chi connectivity index (χ2n) is 9.91. The minimum absolute atomic E-state index is 0.0343. The molecule has 3 rings (SSSR count). The Balaban J connectivity index is 1.92. The van der Waals surface area contributed by atoms with Crippen LogP contribution in [0.5, 0.6) is 0 Å². The molecule has 0 unspecified atom stereocenters. The first-order valence-corrected chi connectivity index (χ1v) is 10.1. The molecule has 28 heavy (non-hydrogen) atoms. The van der Waals surface area contributed by atoms with Crippen molar-refractivity contribution in [3.8, 4) is 0 Å². The Hall–Kier alpha value is -1.08. The van der Waals surface area contributed by atoms with E-state index in [0.717, 1.165) is 6.42 Å². The van der Waals surface area contributed by atoms with Gasteiger partial charge < -0.3 is 14.9 Å². The van der Waals surface area contributed by atoms with Gasteiger partial charge in [-0.3, -0.25) is 0 Å². The van der Waals surface area contributed by atoms with Gasteiger partial charge in [-0.2, -0.15) is 13.2 Å². The third-order valence-corrected chi connectivity index (χ3v) is 8.12. The van der Waals surface area contributed by atoms with E-state index < -0.39 is 29.8 Å². The number of esters is 1. The van der Waals surface area contributed by atoms with E-state index in [4.69, 9.17) is 4.74 Å². The van der Waals surface area contributed by atoms with Gasteiger partial charge in [-0.25, -0.2) is 4.79 Å². The normalized spacial score (nSPS) is 45.0. The molecule has 4 nitrogen and oxygen atoms in total. The maximum absolute atomic E-state index is 13.6. The molecular formula is C21H31F3O4. The second-order valence-corrected chi connectivity index (χ2v) is 9.91. The molecule has 0 bridgehead atoms. The molecule has 2 saturated carbocycles. The van der Waals surface area contributed by atoms with E-state index in [0.29, 0.717) is 12.8 Å². The lowest BCUT2D eigenvalue weighted by molar-refractivity contribution is -0.311. The average molecular weight is 404 g/mol. The fourth-order valence-electron chi connectivity index (χ4n) is 6.30. The van der Waals surface area contributed by atoms with E-state index in [2.05, 4.69) is 13.8 Å². The first-order valence-electron chi connectivity index (χ1n) is 10.1. The molecule has 0 spiro atoms. The Morgan fingerprint density at radius 3 is 2.39 bits per heavy atom. The first-order chi connectivity index (χ1) is 12.7. The quantitative estimate of drug-likeness (QED) is 0.539. The molecule has 3 fully saturated rings. The number of allylic oxidation sites excluding steroid dienone is 1. The predicted octanol–water partition coefficient (Wildman–Crippen LogP) is 4.00. The molecule has 0 radical (unpaired) electrons. The largest absolute Gasteiger partial charge is 0.459 e. The highest BCUT2D eigenvalue weighted by Gasteiger charge is 2.66. The number of alkyl halides is 3. The summed E-state index contributed by atoms with van der Waals surface area (Å²) in [7, 11) is 0. The summed E-state index contributed by atoms with van der Waals surface area (Å²) in [5.74, 6) is -1.64. The number of cyclic esters (lactones) is 1. The Bertz CT molecular complexity index is 671. The molecule has 3 aliphatic rings.